The lowest BCUT2D eigenvalue weighted by Crippen LogP contribution is -2.42. The summed E-state index contributed by atoms with van der Waals surface area (Å²) in [7, 11) is 1.63. The Balaban J connectivity index is 1.72. The standard InChI is InChI=1S/C22H28N2O3/c1-26-15-16-27-20-8-4-3-7-19(20)21(25)24-17-22(11-5-2-6-12-22)18-9-13-23-14-10-18/h3-4,7-10,13-14H,2,5-6,11-12,15-17H2,1H3,(H,24,25). The summed E-state index contributed by atoms with van der Waals surface area (Å²) in [4.78, 5) is 17.0. The summed E-state index contributed by atoms with van der Waals surface area (Å²) in [6.07, 6.45) is 9.49. The molecule has 1 heterocycles. The molecule has 0 saturated heterocycles. The molecule has 0 radical (unpaired) electrons. The van der Waals surface area contributed by atoms with E-state index in [1.807, 2.05) is 30.6 Å². The molecule has 1 aromatic carbocycles. The molecule has 5 heteroatoms. The van der Waals surface area contributed by atoms with Gasteiger partial charge in [0.2, 0.25) is 0 Å². The number of aromatic nitrogens is 1. The van der Waals surface area contributed by atoms with Crippen LogP contribution in [0, 0.1) is 0 Å². The average molecular weight is 368 g/mol. The van der Waals surface area contributed by atoms with Gasteiger partial charge in [-0.3, -0.25) is 9.78 Å². The van der Waals surface area contributed by atoms with Crippen molar-refractivity contribution in [2.24, 2.45) is 0 Å². The van der Waals surface area contributed by atoms with Gasteiger partial charge in [-0.1, -0.05) is 31.4 Å². The third kappa shape index (κ3) is 4.86. The molecule has 1 aliphatic carbocycles. The van der Waals surface area contributed by atoms with Crippen LogP contribution in [0.2, 0.25) is 0 Å². The molecule has 1 N–H and O–H groups in total. The second kappa shape index (κ2) is 9.51. The Hall–Kier alpha value is -2.40. The van der Waals surface area contributed by atoms with Gasteiger partial charge in [0, 0.05) is 31.5 Å². The van der Waals surface area contributed by atoms with E-state index in [2.05, 4.69) is 22.4 Å². The van der Waals surface area contributed by atoms with Gasteiger partial charge in [-0.25, -0.2) is 0 Å². The number of rotatable bonds is 8. The first-order chi connectivity index (χ1) is 13.2. The van der Waals surface area contributed by atoms with Crippen LogP contribution in [0.1, 0.15) is 48.0 Å². The maximum absolute atomic E-state index is 12.9. The van der Waals surface area contributed by atoms with E-state index in [-0.39, 0.29) is 11.3 Å². The summed E-state index contributed by atoms with van der Waals surface area (Å²) in [6.45, 7) is 1.53. The molecule has 2 aromatic rings. The number of nitrogens with one attached hydrogen (secondary N) is 1. The summed E-state index contributed by atoms with van der Waals surface area (Å²) in [5, 5.41) is 3.17. The molecular formula is C22H28N2O3. The SMILES string of the molecule is COCCOc1ccccc1C(=O)NCC1(c2ccncc2)CCCCC1. The highest BCUT2D eigenvalue weighted by Gasteiger charge is 2.34. The smallest absolute Gasteiger partial charge is 0.255 e. The molecule has 0 bridgehead atoms. The van der Waals surface area contributed by atoms with Gasteiger partial charge in [-0.15, -0.1) is 0 Å². The van der Waals surface area contributed by atoms with E-state index in [9.17, 15) is 4.79 Å². The van der Waals surface area contributed by atoms with Gasteiger partial charge >= 0.3 is 0 Å². The molecule has 1 aromatic heterocycles. The fourth-order valence-electron chi connectivity index (χ4n) is 3.86. The van der Waals surface area contributed by atoms with Gasteiger partial charge in [0.1, 0.15) is 12.4 Å². The van der Waals surface area contributed by atoms with Gasteiger partial charge in [-0.2, -0.15) is 0 Å². The van der Waals surface area contributed by atoms with Crippen molar-refractivity contribution in [2.75, 3.05) is 26.9 Å². The first-order valence-corrected chi connectivity index (χ1v) is 9.65. The Bertz CT molecular complexity index is 727. The number of benzene rings is 1. The number of carbonyl (C=O) groups excluding carboxylic acids is 1. The molecule has 1 amide bonds. The van der Waals surface area contributed by atoms with Gasteiger partial charge in [-0.05, 0) is 42.7 Å². The average Bonchev–Trinajstić information content (AvgIpc) is 2.74. The molecule has 0 aliphatic heterocycles. The molecule has 3 rings (SSSR count). The lowest BCUT2D eigenvalue weighted by Gasteiger charge is -2.38. The summed E-state index contributed by atoms with van der Waals surface area (Å²) < 4.78 is 10.7. The van der Waals surface area contributed by atoms with E-state index in [4.69, 9.17) is 9.47 Å². The fourth-order valence-corrected chi connectivity index (χ4v) is 3.86. The minimum atomic E-state index is -0.0954. The van der Waals surface area contributed by atoms with Crippen LogP contribution in [0.3, 0.4) is 0 Å². The second-order valence-electron chi connectivity index (χ2n) is 7.10. The lowest BCUT2D eigenvalue weighted by molar-refractivity contribution is 0.0929. The van der Waals surface area contributed by atoms with Crippen molar-refractivity contribution in [2.45, 2.75) is 37.5 Å². The van der Waals surface area contributed by atoms with Gasteiger partial charge < -0.3 is 14.8 Å². The zero-order valence-corrected chi connectivity index (χ0v) is 15.9. The Kier molecular flexibility index (Phi) is 6.82. The Morgan fingerprint density at radius 1 is 1.07 bits per heavy atom. The predicted molar refractivity (Wildman–Crippen MR) is 105 cm³/mol. The maximum Gasteiger partial charge on any atom is 0.255 e. The zero-order valence-electron chi connectivity index (χ0n) is 15.9. The maximum atomic E-state index is 12.9. The molecule has 0 atom stereocenters. The molecule has 5 nitrogen and oxygen atoms in total. The van der Waals surface area contributed by atoms with Crippen molar-refractivity contribution in [1.29, 1.82) is 0 Å². The Morgan fingerprint density at radius 2 is 1.81 bits per heavy atom. The highest BCUT2D eigenvalue weighted by Crippen LogP contribution is 2.38. The van der Waals surface area contributed by atoms with Gasteiger partial charge in [0.25, 0.3) is 5.91 Å². The highest BCUT2D eigenvalue weighted by atomic mass is 16.5. The number of para-hydroxylation sites is 1. The molecule has 144 valence electrons. The minimum Gasteiger partial charge on any atom is -0.490 e. The summed E-state index contributed by atoms with van der Waals surface area (Å²) >= 11 is 0. The second-order valence-corrected chi connectivity index (χ2v) is 7.10. The molecule has 1 saturated carbocycles. The van der Waals surface area contributed by atoms with E-state index >= 15 is 0 Å². The van der Waals surface area contributed by atoms with Crippen LogP contribution in [0.25, 0.3) is 0 Å². The topological polar surface area (TPSA) is 60.5 Å². The van der Waals surface area contributed by atoms with Crippen molar-refractivity contribution in [3.8, 4) is 5.75 Å². The summed E-state index contributed by atoms with van der Waals surface area (Å²) in [5.41, 5.74) is 1.82. The predicted octanol–water partition coefficient (Wildman–Crippen LogP) is 3.74. The van der Waals surface area contributed by atoms with Crippen LogP contribution in [-0.2, 0) is 10.2 Å². The van der Waals surface area contributed by atoms with Crippen LogP contribution < -0.4 is 10.1 Å². The van der Waals surface area contributed by atoms with Crippen molar-refractivity contribution >= 4 is 5.91 Å². The molecule has 1 aliphatic rings. The van der Waals surface area contributed by atoms with Gasteiger partial charge in [0.05, 0.1) is 12.2 Å². The van der Waals surface area contributed by atoms with Gasteiger partial charge in [0.15, 0.2) is 0 Å². The number of nitrogens with zero attached hydrogens (tertiary/aromatic N) is 1. The monoisotopic (exact) mass is 368 g/mol. The molecule has 1 fully saturated rings. The van der Waals surface area contributed by atoms with Crippen molar-refractivity contribution in [1.82, 2.24) is 10.3 Å². The Labute approximate surface area is 161 Å². The van der Waals surface area contributed by atoms with Crippen molar-refractivity contribution in [3.05, 3.63) is 59.9 Å². The summed E-state index contributed by atoms with van der Waals surface area (Å²) in [6, 6.07) is 11.5. The molecule has 0 unspecified atom stereocenters. The van der Waals surface area contributed by atoms with E-state index in [0.717, 1.165) is 12.8 Å². The normalized spacial score (nSPS) is 15.9. The molecule has 0 spiro atoms. The third-order valence-corrected chi connectivity index (χ3v) is 5.37. The number of methoxy groups -OCH3 is 1. The van der Waals surface area contributed by atoms with Crippen LogP contribution >= 0.6 is 0 Å². The minimum absolute atomic E-state index is 0.0112. The number of hydrogen-bond acceptors (Lipinski definition) is 4. The van der Waals surface area contributed by atoms with Crippen molar-refractivity contribution in [3.63, 3.8) is 0 Å². The Morgan fingerprint density at radius 3 is 2.56 bits per heavy atom. The van der Waals surface area contributed by atoms with Crippen LogP contribution in [0.15, 0.2) is 48.8 Å². The number of hydrogen-bond donors (Lipinski definition) is 1. The largest absolute Gasteiger partial charge is 0.490 e. The quantitative estimate of drug-likeness (QED) is 0.721. The zero-order chi connectivity index (χ0) is 19.0. The third-order valence-electron chi connectivity index (χ3n) is 5.37. The van der Waals surface area contributed by atoms with E-state index in [0.29, 0.717) is 31.1 Å². The first-order valence-electron chi connectivity index (χ1n) is 9.65. The number of carbonyl (C=O) groups is 1. The number of pyridine rings is 1. The fraction of sp³-hybridized carbons (Fsp3) is 0.455. The summed E-state index contributed by atoms with van der Waals surface area (Å²) in [5.74, 6) is 0.496. The van der Waals surface area contributed by atoms with E-state index < -0.39 is 0 Å². The molecular weight excluding hydrogens is 340 g/mol. The number of amides is 1. The van der Waals surface area contributed by atoms with E-state index in [1.54, 1.807) is 13.2 Å². The highest BCUT2D eigenvalue weighted by molar-refractivity contribution is 5.97. The van der Waals surface area contributed by atoms with Crippen molar-refractivity contribution < 1.29 is 14.3 Å². The van der Waals surface area contributed by atoms with Crippen LogP contribution in [0.4, 0.5) is 0 Å². The van der Waals surface area contributed by atoms with Crippen LogP contribution in [-0.4, -0.2) is 37.8 Å². The van der Waals surface area contributed by atoms with E-state index in [1.165, 1.54) is 24.8 Å². The lowest BCUT2D eigenvalue weighted by atomic mass is 9.69. The first kappa shape index (κ1) is 19.4. The number of ether oxygens (including phenoxy) is 2. The molecule has 27 heavy (non-hydrogen) atoms. The van der Waals surface area contributed by atoms with Crippen LogP contribution in [0.5, 0.6) is 5.75 Å².